The highest BCUT2D eigenvalue weighted by atomic mass is 15.4. The van der Waals surface area contributed by atoms with E-state index in [0.29, 0.717) is 0 Å². The normalized spacial score (nSPS) is 11.8. The second kappa shape index (κ2) is 3.96. The molecule has 0 aliphatic rings. The van der Waals surface area contributed by atoms with Crippen LogP contribution in [0.5, 0.6) is 0 Å². The summed E-state index contributed by atoms with van der Waals surface area (Å²) in [7, 11) is 0. The van der Waals surface area contributed by atoms with Crippen LogP contribution >= 0.6 is 0 Å². The molecule has 0 spiro atoms. The molecule has 0 radical (unpaired) electrons. The molecule has 4 heteroatoms. The summed E-state index contributed by atoms with van der Waals surface area (Å²) < 4.78 is 1.76. The SMILES string of the molecule is Cc1ccc(-n2cc(C(C)(C)N)nn2)cc1C. The van der Waals surface area contributed by atoms with Crippen molar-refractivity contribution in [2.75, 3.05) is 0 Å². The quantitative estimate of drug-likeness (QED) is 0.859. The second-order valence-electron chi connectivity index (χ2n) is 5.04. The van der Waals surface area contributed by atoms with Crippen LogP contribution < -0.4 is 5.73 Å². The van der Waals surface area contributed by atoms with Crippen molar-refractivity contribution < 1.29 is 0 Å². The molecule has 0 amide bonds. The Labute approximate surface area is 101 Å². The van der Waals surface area contributed by atoms with Gasteiger partial charge in [0.25, 0.3) is 0 Å². The number of rotatable bonds is 2. The minimum absolute atomic E-state index is 0.460. The zero-order valence-electron chi connectivity index (χ0n) is 10.7. The van der Waals surface area contributed by atoms with Gasteiger partial charge in [0.15, 0.2) is 0 Å². The fourth-order valence-corrected chi connectivity index (χ4v) is 1.55. The third kappa shape index (κ3) is 2.36. The first-order chi connectivity index (χ1) is 7.88. The molecular weight excluding hydrogens is 212 g/mol. The van der Waals surface area contributed by atoms with E-state index in [4.69, 9.17) is 5.73 Å². The van der Waals surface area contributed by atoms with Gasteiger partial charge >= 0.3 is 0 Å². The predicted molar refractivity (Wildman–Crippen MR) is 68.0 cm³/mol. The molecule has 1 aromatic carbocycles. The van der Waals surface area contributed by atoms with Crippen molar-refractivity contribution in [1.29, 1.82) is 0 Å². The van der Waals surface area contributed by atoms with Gasteiger partial charge in [-0.25, -0.2) is 4.68 Å². The van der Waals surface area contributed by atoms with E-state index in [-0.39, 0.29) is 0 Å². The maximum Gasteiger partial charge on any atom is 0.102 e. The van der Waals surface area contributed by atoms with Crippen LogP contribution in [-0.2, 0) is 5.54 Å². The molecule has 0 aliphatic carbocycles. The highest BCUT2D eigenvalue weighted by Crippen LogP contribution is 2.17. The van der Waals surface area contributed by atoms with E-state index >= 15 is 0 Å². The number of aromatic nitrogens is 3. The summed E-state index contributed by atoms with van der Waals surface area (Å²) in [6.07, 6.45) is 1.88. The lowest BCUT2D eigenvalue weighted by Gasteiger charge is -2.13. The molecule has 0 unspecified atom stereocenters. The van der Waals surface area contributed by atoms with Crippen molar-refractivity contribution in [1.82, 2.24) is 15.0 Å². The third-order valence-corrected chi connectivity index (χ3v) is 2.91. The van der Waals surface area contributed by atoms with Crippen LogP contribution in [0.2, 0.25) is 0 Å². The van der Waals surface area contributed by atoms with Crippen molar-refractivity contribution in [2.45, 2.75) is 33.2 Å². The van der Waals surface area contributed by atoms with E-state index in [0.717, 1.165) is 11.4 Å². The van der Waals surface area contributed by atoms with Crippen LogP contribution in [0.1, 0.15) is 30.7 Å². The van der Waals surface area contributed by atoms with Crippen molar-refractivity contribution in [3.8, 4) is 5.69 Å². The van der Waals surface area contributed by atoms with Crippen LogP contribution in [0.15, 0.2) is 24.4 Å². The second-order valence-corrected chi connectivity index (χ2v) is 5.04. The van der Waals surface area contributed by atoms with Crippen LogP contribution in [0.4, 0.5) is 0 Å². The molecule has 0 saturated heterocycles. The third-order valence-electron chi connectivity index (χ3n) is 2.91. The van der Waals surface area contributed by atoms with E-state index in [2.05, 4.69) is 36.3 Å². The molecule has 0 atom stereocenters. The Morgan fingerprint density at radius 3 is 2.41 bits per heavy atom. The fraction of sp³-hybridized carbons (Fsp3) is 0.385. The molecule has 2 aromatic rings. The van der Waals surface area contributed by atoms with Crippen LogP contribution in [0.25, 0.3) is 5.69 Å². The topological polar surface area (TPSA) is 56.7 Å². The smallest absolute Gasteiger partial charge is 0.102 e. The van der Waals surface area contributed by atoms with Gasteiger partial charge in [0.1, 0.15) is 5.69 Å². The number of aryl methyl sites for hydroxylation is 2. The average Bonchev–Trinajstić information content (AvgIpc) is 2.70. The molecule has 17 heavy (non-hydrogen) atoms. The van der Waals surface area contributed by atoms with E-state index in [1.54, 1.807) is 4.68 Å². The lowest BCUT2D eigenvalue weighted by molar-refractivity contribution is 0.533. The van der Waals surface area contributed by atoms with E-state index < -0.39 is 5.54 Å². The lowest BCUT2D eigenvalue weighted by Crippen LogP contribution is -2.29. The number of hydrogen-bond acceptors (Lipinski definition) is 3. The molecule has 2 N–H and O–H groups in total. The Morgan fingerprint density at radius 1 is 1.18 bits per heavy atom. The number of nitrogens with two attached hydrogens (primary N) is 1. The standard InChI is InChI=1S/C13H18N4/c1-9-5-6-11(7-10(9)2)17-8-12(15-16-17)13(3,4)14/h5-8H,14H2,1-4H3. The molecule has 0 fully saturated rings. The Hall–Kier alpha value is -1.68. The van der Waals surface area contributed by atoms with E-state index in [9.17, 15) is 0 Å². The number of hydrogen-bond donors (Lipinski definition) is 1. The van der Waals surface area contributed by atoms with Gasteiger partial charge in [-0.05, 0) is 51.0 Å². The fourth-order valence-electron chi connectivity index (χ4n) is 1.55. The van der Waals surface area contributed by atoms with E-state index in [1.165, 1.54) is 11.1 Å². The maximum absolute atomic E-state index is 5.99. The molecule has 90 valence electrons. The summed E-state index contributed by atoms with van der Waals surface area (Å²) in [5.74, 6) is 0. The molecule has 0 saturated carbocycles. The summed E-state index contributed by atoms with van der Waals surface area (Å²) in [4.78, 5) is 0. The van der Waals surface area contributed by atoms with Gasteiger partial charge in [-0.2, -0.15) is 0 Å². The summed E-state index contributed by atoms with van der Waals surface area (Å²) in [5.41, 5.74) is 9.84. The highest BCUT2D eigenvalue weighted by Gasteiger charge is 2.18. The van der Waals surface area contributed by atoms with Crippen LogP contribution in [0.3, 0.4) is 0 Å². The Bertz CT molecular complexity index is 535. The van der Waals surface area contributed by atoms with Gasteiger partial charge in [-0.15, -0.1) is 5.10 Å². The van der Waals surface area contributed by atoms with Gasteiger partial charge in [-0.1, -0.05) is 11.3 Å². The molecule has 0 bridgehead atoms. The number of benzene rings is 1. The van der Waals surface area contributed by atoms with Crippen molar-refractivity contribution in [2.24, 2.45) is 5.73 Å². The molecule has 1 aromatic heterocycles. The Kier molecular flexibility index (Phi) is 2.75. The molecule has 2 rings (SSSR count). The average molecular weight is 230 g/mol. The lowest BCUT2D eigenvalue weighted by atomic mass is 10.0. The van der Waals surface area contributed by atoms with Crippen LogP contribution in [-0.4, -0.2) is 15.0 Å². The first kappa shape index (κ1) is 11.8. The highest BCUT2D eigenvalue weighted by molar-refractivity contribution is 5.39. The zero-order chi connectivity index (χ0) is 12.6. The molecular formula is C13H18N4. The van der Waals surface area contributed by atoms with Crippen LogP contribution in [0, 0.1) is 13.8 Å². The summed E-state index contributed by atoms with van der Waals surface area (Å²) in [5, 5.41) is 8.21. The van der Waals surface area contributed by atoms with Gasteiger partial charge in [0, 0.05) is 0 Å². The predicted octanol–water partition coefficient (Wildman–Crippen LogP) is 2.08. The monoisotopic (exact) mass is 230 g/mol. The minimum Gasteiger partial charge on any atom is -0.320 e. The van der Waals surface area contributed by atoms with E-state index in [1.807, 2.05) is 26.1 Å². The zero-order valence-corrected chi connectivity index (χ0v) is 10.7. The summed E-state index contributed by atoms with van der Waals surface area (Å²) in [6, 6.07) is 6.21. The maximum atomic E-state index is 5.99. The molecule has 4 nitrogen and oxygen atoms in total. The number of nitrogens with zero attached hydrogens (tertiary/aromatic N) is 3. The Balaban J connectivity index is 2.40. The van der Waals surface area contributed by atoms with Gasteiger partial charge in [0.05, 0.1) is 17.4 Å². The first-order valence-electron chi connectivity index (χ1n) is 5.67. The van der Waals surface area contributed by atoms with Crippen molar-refractivity contribution in [3.05, 3.63) is 41.2 Å². The van der Waals surface area contributed by atoms with Crippen molar-refractivity contribution >= 4 is 0 Å². The summed E-state index contributed by atoms with van der Waals surface area (Å²) in [6.45, 7) is 8.02. The van der Waals surface area contributed by atoms with Crippen molar-refractivity contribution in [3.63, 3.8) is 0 Å². The largest absolute Gasteiger partial charge is 0.320 e. The van der Waals surface area contributed by atoms with Gasteiger partial charge in [0.2, 0.25) is 0 Å². The Morgan fingerprint density at radius 2 is 1.88 bits per heavy atom. The van der Waals surface area contributed by atoms with Gasteiger partial charge in [-0.3, -0.25) is 0 Å². The van der Waals surface area contributed by atoms with Gasteiger partial charge < -0.3 is 5.73 Å². The minimum atomic E-state index is -0.460. The molecule has 0 aliphatic heterocycles. The first-order valence-corrected chi connectivity index (χ1v) is 5.67. The molecule has 1 heterocycles. The summed E-state index contributed by atoms with van der Waals surface area (Å²) >= 11 is 0.